The first kappa shape index (κ1) is 20.8. The largest absolute Gasteiger partial charge is 0.379 e. The highest BCUT2D eigenvalue weighted by Gasteiger charge is 1.93. The van der Waals surface area contributed by atoms with E-state index in [-0.39, 0.29) is 0 Å². The molecule has 0 atom stereocenters. The molecule has 0 spiro atoms. The molecule has 0 aromatic rings. The Kier molecular flexibility index (Phi) is 19.6. The van der Waals surface area contributed by atoms with E-state index in [1.54, 1.807) is 0 Å². The van der Waals surface area contributed by atoms with Gasteiger partial charge in [-0.05, 0) is 13.5 Å². The molecule has 0 aliphatic rings. The van der Waals surface area contributed by atoms with Gasteiger partial charge in [0, 0.05) is 13.2 Å². The zero-order valence-corrected chi connectivity index (χ0v) is 14.0. The fourth-order valence-electron chi connectivity index (χ4n) is 1.74. The fourth-order valence-corrected chi connectivity index (χ4v) is 1.74. The van der Waals surface area contributed by atoms with Gasteiger partial charge < -0.3 is 24.3 Å². The quantitative estimate of drug-likeness (QED) is 0.394. The number of rotatable bonds is 18. The second-order valence-corrected chi connectivity index (χ2v) is 4.97. The van der Waals surface area contributed by atoms with Crippen LogP contribution in [-0.2, 0) is 18.9 Å². The number of nitrogens with one attached hydrogen (secondary N) is 1. The third-order valence-electron chi connectivity index (χ3n) is 3.00. The summed E-state index contributed by atoms with van der Waals surface area (Å²) < 4.78 is 21.6. The van der Waals surface area contributed by atoms with Gasteiger partial charge in [-0.15, -0.1) is 0 Å². The minimum absolute atomic E-state index is 0.617. The van der Waals surface area contributed by atoms with Crippen LogP contribution >= 0.6 is 0 Å². The molecule has 128 valence electrons. The minimum atomic E-state index is 0.617. The average molecular weight is 305 g/mol. The van der Waals surface area contributed by atoms with E-state index in [2.05, 4.69) is 12.2 Å². The smallest absolute Gasteiger partial charge is 0.0701 e. The summed E-state index contributed by atoms with van der Waals surface area (Å²) in [7, 11) is 1.91. The molecule has 0 heterocycles. The van der Waals surface area contributed by atoms with Crippen LogP contribution < -0.4 is 5.32 Å². The first-order valence-corrected chi connectivity index (χ1v) is 8.37. The molecule has 0 bridgehead atoms. The molecule has 0 aliphatic heterocycles. The Labute approximate surface area is 130 Å². The summed E-state index contributed by atoms with van der Waals surface area (Å²) in [5, 5.41) is 3.02. The molecule has 5 heteroatoms. The second kappa shape index (κ2) is 19.8. The highest BCUT2D eigenvalue weighted by atomic mass is 16.6. The number of hydrogen-bond donors (Lipinski definition) is 1. The number of unbranched alkanes of at least 4 members (excludes halogenated alkanes) is 4. The fraction of sp³-hybridized carbons (Fsp3) is 1.00. The van der Waals surface area contributed by atoms with Crippen LogP contribution in [0.15, 0.2) is 0 Å². The molecule has 0 radical (unpaired) electrons. The van der Waals surface area contributed by atoms with Gasteiger partial charge in [-0.1, -0.05) is 32.6 Å². The summed E-state index contributed by atoms with van der Waals surface area (Å²) in [6, 6.07) is 0. The normalized spacial score (nSPS) is 11.1. The highest BCUT2D eigenvalue weighted by molar-refractivity contribution is 4.42. The lowest BCUT2D eigenvalue weighted by molar-refractivity contribution is -0.00170. The van der Waals surface area contributed by atoms with Crippen molar-refractivity contribution >= 4 is 0 Å². The van der Waals surface area contributed by atoms with E-state index >= 15 is 0 Å². The molecule has 21 heavy (non-hydrogen) atoms. The summed E-state index contributed by atoms with van der Waals surface area (Å²) in [5.74, 6) is 0. The van der Waals surface area contributed by atoms with Gasteiger partial charge in [-0.2, -0.15) is 0 Å². The van der Waals surface area contributed by atoms with Gasteiger partial charge >= 0.3 is 0 Å². The maximum Gasteiger partial charge on any atom is 0.0701 e. The molecule has 0 aliphatic carbocycles. The maximum atomic E-state index is 5.50. The molecule has 0 unspecified atom stereocenters. The van der Waals surface area contributed by atoms with Crippen LogP contribution in [0.1, 0.15) is 39.0 Å². The number of ether oxygens (including phenoxy) is 4. The first-order valence-electron chi connectivity index (χ1n) is 8.37. The molecule has 0 fully saturated rings. The van der Waals surface area contributed by atoms with E-state index in [4.69, 9.17) is 18.9 Å². The predicted octanol–water partition coefficient (Wildman–Crippen LogP) is 2.24. The average Bonchev–Trinajstić information content (AvgIpc) is 2.50. The second-order valence-electron chi connectivity index (χ2n) is 4.97. The van der Waals surface area contributed by atoms with Crippen molar-refractivity contribution in [3.63, 3.8) is 0 Å². The Hall–Kier alpha value is -0.200. The summed E-state index contributed by atoms with van der Waals surface area (Å²) >= 11 is 0. The van der Waals surface area contributed by atoms with Crippen molar-refractivity contribution in [2.75, 3.05) is 66.4 Å². The lowest BCUT2D eigenvalue weighted by atomic mass is 10.2. The van der Waals surface area contributed by atoms with Crippen molar-refractivity contribution in [1.29, 1.82) is 0 Å². The van der Waals surface area contributed by atoms with Gasteiger partial charge in [0.2, 0.25) is 0 Å². The van der Waals surface area contributed by atoms with Crippen molar-refractivity contribution in [2.45, 2.75) is 39.0 Å². The van der Waals surface area contributed by atoms with Crippen LogP contribution in [0.3, 0.4) is 0 Å². The molecule has 5 nitrogen and oxygen atoms in total. The van der Waals surface area contributed by atoms with Crippen molar-refractivity contribution in [3.8, 4) is 0 Å². The SMILES string of the molecule is CCCCCCCOCCOCCOCCOCCNC. The van der Waals surface area contributed by atoms with E-state index < -0.39 is 0 Å². The Morgan fingerprint density at radius 3 is 1.57 bits per heavy atom. The molecule has 0 saturated carbocycles. The molecule has 0 saturated heterocycles. The standard InChI is InChI=1S/C16H35NO4/c1-3-4-5-6-7-9-18-11-13-20-15-16-21-14-12-19-10-8-17-2/h17H,3-16H2,1-2H3. The monoisotopic (exact) mass is 305 g/mol. The Morgan fingerprint density at radius 2 is 1.05 bits per heavy atom. The van der Waals surface area contributed by atoms with E-state index in [1.165, 1.54) is 25.7 Å². The molecule has 1 N–H and O–H groups in total. The van der Waals surface area contributed by atoms with Crippen molar-refractivity contribution in [1.82, 2.24) is 5.32 Å². The predicted molar refractivity (Wildman–Crippen MR) is 86.0 cm³/mol. The number of hydrogen-bond acceptors (Lipinski definition) is 5. The van der Waals surface area contributed by atoms with E-state index in [0.29, 0.717) is 39.6 Å². The van der Waals surface area contributed by atoms with Gasteiger partial charge in [0.1, 0.15) is 0 Å². The van der Waals surface area contributed by atoms with Crippen molar-refractivity contribution in [2.24, 2.45) is 0 Å². The van der Waals surface area contributed by atoms with Crippen molar-refractivity contribution < 1.29 is 18.9 Å². The molecule has 0 amide bonds. The highest BCUT2D eigenvalue weighted by Crippen LogP contribution is 2.02. The van der Waals surface area contributed by atoms with Gasteiger partial charge in [0.15, 0.2) is 0 Å². The van der Waals surface area contributed by atoms with Crippen LogP contribution in [-0.4, -0.2) is 66.4 Å². The van der Waals surface area contributed by atoms with Gasteiger partial charge in [0.25, 0.3) is 0 Å². The summed E-state index contributed by atoms with van der Waals surface area (Å²) in [6.45, 7) is 8.53. The maximum absolute atomic E-state index is 5.50. The van der Waals surface area contributed by atoms with E-state index in [9.17, 15) is 0 Å². The van der Waals surface area contributed by atoms with Crippen LogP contribution in [0.25, 0.3) is 0 Å². The Morgan fingerprint density at radius 1 is 0.571 bits per heavy atom. The van der Waals surface area contributed by atoms with Crippen LogP contribution in [0.5, 0.6) is 0 Å². The Balaban J connectivity index is 2.90. The Bertz CT molecular complexity index is 164. The van der Waals surface area contributed by atoms with Gasteiger partial charge in [0.05, 0.1) is 46.2 Å². The molecular formula is C16H35NO4. The minimum Gasteiger partial charge on any atom is -0.379 e. The summed E-state index contributed by atoms with van der Waals surface area (Å²) in [6.07, 6.45) is 6.39. The van der Waals surface area contributed by atoms with Crippen LogP contribution in [0.2, 0.25) is 0 Å². The first-order chi connectivity index (χ1) is 10.4. The van der Waals surface area contributed by atoms with E-state index in [1.807, 2.05) is 7.05 Å². The zero-order chi connectivity index (χ0) is 15.4. The molecule has 0 aromatic heterocycles. The number of likely N-dealkylation sites (N-methyl/N-ethyl adjacent to an activating group) is 1. The lowest BCUT2D eigenvalue weighted by Gasteiger charge is -2.07. The molecule has 0 rings (SSSR count). The summed E-state index contributed by atoms with van der Waals surface area (Å²) in [4.78, 5) is 0. The topological polar surface area (TPSA) is 49.0 Å². The zero-order valence-electron chi connectivity index (χ0n) is 14.0. The summed E-state index contributed by atoms with van der Waals surface area (Å²) in [5.41, 5.74) is 0. The van der Waals surface area contributed by atoms with Gasteiger partial charge in [-0.25, -0.2) is 0 Å². The molecular weight excluding hydrogens is 270 g/mol. The third kappa shape index (κ3) is 19.8. The van der Waals surface area contributed by atoms with Crippen LogP contribution in [0, 0.1) is 0 Å². The van der Waals surface area contributed by atoms with E-state index in [0.717, 1.165) is 26.2 Å². The molecule has 0 aromatic carbocycles. The van der Waals surface area contributed by atoms with Gasteiger partial charge in [-0.3, -0.25) is 0 Å². The lowest BCUT2D eigenvalue weighted by Crippen LogP contribution is -2.17. The van der Waals surface area contributed by atoms with Crippen LogP contribution in [0.4, 0.5) is 0 Å². The third-order valence-corrected chi connectivity index (χ3v) is 3.00. The van der Waals surface area contributed by atoms with Crippen molar-refractivity contribution in [3.05, 3.63) is 0 Å².